The van der Waals surface area contributed by atoms with Crippen LogP contribution >= 0.6 is 0 Å². The van der Waals surface area contributed by atoms with Gasteiger partial charge < -0.3 is 10.0 Å². The van der Waals surface area contributed by atoms with Crippen LogP contribution in [0.5, 0.6) is 0 Å². The lowest BCUT2D eigenvalue weighted by Gasteiger charge is -2.16. The maximum absolute atomic E-state index is 12.0. The molecule has 0 aliphatic heterocycles. The van der Waals surface area contributed by atoms with E-state index >= 15 is 0 Å². The van der Waals surface area contributed by atoms with E-state index in [-0.39, 0.29) is 5.91 Å². The van der Waals surface area contributed by atoms with Crippen LogP contribution in [0.4, 0.5) is 0 Å². The number of H-pyrrole nitrogens is 1. The highest BCUT2D eigenvalue weighted by Gasteiger charge is 2.12. The monoisotopic (exact) mass is 285 g/mol. The van der Waals surface area contributed by atoms with Gasteiger partial charge in [-0.25, -0.2) is 4.79 Å². The van der Waals surface area contributed by atoms with Crippen molar-refractivity contribution in [2.75, 3.05) is 7.05 Å². The molecule has 1 aromatic heterocycles. The minimum atomic E-state index is -0.982. The molecule has 0 atom stereocenters. The van der Waals surface area contributed by atoms with Crippen LogP contribution in [-0.2, 0) is 11.3 Å². The van der Waals surface area contributed by atoms with Gasteiger partial charge in [-0.1, -0.05) is 24.3 Å². The lowest BCUT2D eigenvalue weighted by Crippen LogP contribution is -2.25. The maximum atomic E-state index is 12.0. The Morgan fingerprint density at radius 2 is 2.05 bits per heavy atom. The van der Waals surface area contributed by atoms with E-state index in [1.165, 1.54) is 12.3 Å². The highest BCUT2D eigenvalue weighted by Crippen LogP contribution is 2.10. The summed E-state index contributed by atoms with van der Waals surface area (Å²) < 4.78 is 0. The minimum Gasteiger partial charge on any atom is -0.478 e. The van der Waals surface area contributed by atoms with Crippen molar-refractivity contribution in [3.63, 3.8) is 0 Å². The van der Waals surface area contributed by atoms with Gasteiger partial charge in [0.15, 0.2) is 0 Å². The average Bonchev–Trinajstić information content (AvgIpc) is 2.99. The number of rotatable bonds is 5. The van der Waals surface area contributed by atoms with Crippen molar-refractivity contribution in [1.82, 2.24) is 15.1 Å². The van der Waals surface area contributed by atoms with Crippen LogP contribution < -0.4 is 0 Å². The molecule has 0 fully saturated rings. The molecule has 1 amide bonds. The highest BCUT2D eigenvalue weighted by atomic mass is 16.4. The zero-order valence-electron chi connectivity index (χ0n) is 11.5. The van der Waals surface area contributed by atoms with Crippen molar-refractivity contribution in [3.05, 3.63) is 59.4 Å². The summed E-state index contributed by atoms with van der Waals surface area (Å²) in [5, 5.41) is 14.9. The standard InChI is InChI=1S/C15H15N3O3/c1-18(15(21)13-8-16-17-9-13)10-12-4-2-11(3-5-12)6-7-14(19)20/h2-9H,10H2,1H3,(H,16,17)(H,19,20). The summed E-state index contributed by atoms with van der Waals surface area (Å²) in [5.41, 5.74) is 2.27. The molecule has 0 saturated heterocycles. The van der Waals surface area contributed by atoms with E-state index in [9.17, 15) is 9.59 Å². The number of hydrogen-bond acceptors (Lipinski definition) is 3. The zero-order chi connectivity index (χ0) is 15.2. The first kappa shape index (κ1) is 14.5. The molecule has 6 heteroatoms. The van der Waals surface area contributed by atoms with Crippen molar-refractivity contribution in [2.45, 2.75) is 6.54 Å². The number of carbonyl (C=O) groups excluding carboxylic acids is 1. The molecular formula is C15H15N3O3. The molecule has 0 aliphatic rings. The molecule has 1 aromatic carbocycles. The third-order valence-corrected chi connectivity index (χ3v) is 2.91. The quantitative estimate of drug-likeness (QED) is 0.820. The number of nitrogens with one attached hydrogen (secondary N) is 1. The number of aromatic nitrogens is 2. The van der Waals surface area contributed by atoms with Crippen LogP contribution in [0.25, 0.3) is 6.08 Å². The number of carboxylic acids is 1. The lowest BCUT2D eigenvalue weighted by molar-refractivity contribution is -0.131. The first-order valence-electron chi connectivity index (χ1n) is 6.30. The predicted octanol–water partition coefficient (Wildman–Crippen LogP) is 1.78. The van der Waals surface area contributed by atoms with Gasteiger partial charge in [0, 0.05) is 25.9 Å². The summed E-state index contributed by atoms with van der Waals surface area (Å²) in [5.74, 6) is -1.09. The fourth-order valence-electron chi connectivity index (χ4n) is 1.84. The van der Waals surface area contributed by atoms with Gasteiger partial charge in [0.2, 0.25) is 0 Å². The molecule has 2 aromatic rings. The number of aliphatic carboxylic acids is 1. The fourth-order valence-corrected chi connectivity index (χ4v) is 1.84. The second-order valence-electron chi connectivity index (χ2n) is 4.56. The summed E-state index contributed by atoms with van der Waals surface area (Å²) in [7, 11) is 1.72. The molecule has 0 spiro atoms. The third kappa shape index (κ3) is 4.04. The van der Waals surface area contributed by atoms with Gasteiger partial charge in [-0.3, -0.25) is 9.89 Å². The molecule has 0 saturated carbocycles. The fraction of sp³-hybridized carbons (Fsp3) is 0.133. The lowest BCUT2D eigenvalue weighted by atomic mass is 10.1. The number of hydrogen-bond donors (Lipinski definition) is 2. The molecule has 0 bridgehead atoms. The first-order chi connectivity index (χ1) is 10.1. The number of benzene rings is 1. The van der Waals surface area contributed by atoms with Crippen molar-refractivity contribution in [2.24, 2.45) is 0 Å². The molecule has 1 heterocycles. The number of carbonyl (C=O) groups is 2. The summed E-state index contributed by atoms with van der Waals surface area (Å²) in [6, 6.07) is 7.34. The van der Waals surface area contributed by atoms with E-state index in [2.05, 4.69) is 10.2 Å². The van der Waals surface area contributed by atoms with Crippen molar-refractivity contribution in [3.8, 4) is 0 Å². The Morgan fingerprint density at radius 3 is 2.62 bits per heavy atom. The topological polar surface area (TPSA) is 86.3 Å². The normalized spacial score (nSPS) is 10.7. The van der Waals surface area contributed by atoms with Crippen LogP contribution in [0, 0.1) is 0 Å². The van der Waals surface area contributed by atoms with E-state index in [1.807, 2.05) is 24.3 Å². The van der Waals surface area contributed by atoms with E-state index in [1.54, 1.807) is 18.1 Å². The zero-order valence-corrected chi connectivity index (χ0v) is 11.5. The number of aromatic amines is 1. The average molecular weight is 285 g/mol. The maximum Gasteiger partial charge on any atom is 0.328 e. The van der Waals surface area contributed by atoms with Gasteiger partial charge in [0.05, 0.1) is 11.8 Å². The minimum absolute atomic E-state index is 0.112. The first-order valence-corrected chi connectivity index (χ1v) is 6.30. The van der Waals surface area contributed by atoms with Crippen molar-refractivity contribution in [1.29, 1.82) is 0 Å². The second kappa shape index (κ2) is 6.51. The van der Waals surface area contributed by atoms with Crippen LogP contribution in [-0.4, -0.2) is 39.1 Å². The summed E-state index contributed by atoms with van der Waals surface area (Å²) in [6.07, 6.45) is 5.65. The van der Waals surface area contributed by atoms with Crippen molar-refractivity contribution < 1.29 is 14.7 Å². The predicted molar refractivity (Wildman–Crippen MR) is 77.5 cm³/mol. The molecule has 21 heavy (non-hydrogen) atoms. The molecular weight excluding hydrogens is 270 g/mol. The van der Waals surface area contributed by atoms with Gasteiger partial charge in [0.25, 0.3) is 5.91 Å². The largest absolute Gasteiger partial charge is 0.478 e. The number of carboxylic acid groups (broad SMARTS) is 1. The molecule has 0 aliphatic carbocycles. The van der Waals surface area contributed by atoms with Crippen LogP contribution in [0.2, 0.25) is 0 Å². The number of amides is 1. The van der Waals surface area contributed by atoms with Crippen LogP contribution in [0.3, 0.4) is 0 Å². The summed E-state index contributed by atoms with van der Waals surface area (Å²) >= 11 is 0. The van der Waals surface area contributed by atoms with Gasteiger partial charge in [-0.2, -0.15) is 5.10 Å². The Labute approximate surface area is 121 Å². The Hall–Kier alpha value is -2.89. The molecule has 108 valence electrons. The third-order valence-electron chi connectivity index (χ3n) is 2.91. The van der Waals surface area contributed by atoms with Crippen molar-refractivity contribution >= 4 is 18.0 Å². The van der Waals surface area contributed by atoms with E-state index < -0.39 is 5.97 Å². The van der Waals surface area contributed by atoms with E-state index in [0.717, 1.165) is 17.2 Å². The van der Waals surface area contributed by atoms with Gasteiger partial charge in [0.1, 0.15) is 0 Å². The highest BCUT2D eigenvalue weighted by molar-refractivity contribution is 5.93. The second-order valence-corrected chi connectivity index (χ2v) is 4.56. The molecule has 0 unspecified atom stereocenters. The summed E-state index contributed by atoms with van der Waals surface area (Å²) in [6.45, 7) is 0.465. The molecule has 0 radical (unpaired) electrons. The Morgan fingerprint density at radius 1 is 1.33 bits per heavy atom. The number of nitrogens with zero attached hydrogens (tertiary/aromatic N) is 2. The summed E-state index contributed by atoms with van der Waals surface area (Å²) in [4.78, 5) is 24.1. The van der Waals surface area contributed by atoms with Crippen LogP contribution in [0.1, 0.15) is 21.5 Å². The smallest absolute Gasteiger partial charge is 0.328 e. The SMILES string of the molecule is CN(Cc1ccc(C=CC(=O)O)cc1)C(=O)c1cn[nH]c1. The van der Waals surface area contributed by atoms with Gasteiger partial charge >= 0.3 is 5.97 Å². The van der Waals surface area contributed by atoms with Gasteiger partial charge in [-0.05, 0) is 17.2 Å². The van der Waals surface area contributed by atoms with Gasteiger partial charge in [-0.15, -0.1) is 0 Å². The Kier molecular flexibility index (Phi) is 4.50. The molecule has 6 nitrogen and oxygen atoms in total. The molecule has 2 N–H and O–H groups in total. The Bertz CT molecular complexity index is 645. The Balaban J connectivity index is 2.00. The van der Waals surface area contributed by atoms with E-state index in [0.29, 0.717) is 12.1 Å². The molecule has 2 rings (SSSR count). The van der Waals surface area contributed by atoms with Crippen LogP contribution in [0.15, 0.2) is 42.7 Å². The van der Waals surface area contributed by atoms with E-state index in [4.69, 9.17) is 5.11 Å².